The quantitative estimate of drug-likeness (QED) is 0.500. The molecule has 0 bridgehead atoms. The highest BCUT2D eigenvalue weighted by Gasteiger charge is 2.30. The van der Waals surface area contributed by atoms with Crippen LogP contribution in [0.4, 0.5) is 11.6 Å². The van der Waals surface area contributed by atoms with E-state index in [9.17, 15) is 9.90 Å². The molecule has 1 aliphatic rings. The fourth-order valence-electron chi connectivity index (χ4n) is 4.02. The molecule has 7 nitrogen and oxygen atoms in total. The van der Waals surface area contributed by atoms with Crippen LogP contribution in [0.3, 0.4) is 0 Å². The number of hydrogen-bond acceptors (Lipinski definition) is 7. The van der Waals surface area contributed by atoms with Crippen LogP contribution >= 0.6 is 11.3 Å². The predicted molar refractivity (Wildman–Crippen MR) is 120 cm³/mol. The molecule has 1 fully saturated rings. The van der Waals surface area contributed by atoms with Crippen molar-refractivity contribution in [1.82, 2.24) is 15.0 Å². The third-order valence-corrected chi connectivity index (χ3v) is 6.87. The summed E-state index contributed by atoms with van der Waals surface area (Å²) in [6.45, 7) is 1.92. The molecule has 0 aliphatic heterocycles. The smallest absolute Gasteiger partial charge is 0.306 e. The highest BCUT2D eigenvalue weighted by atomic mass is 32.1. The van der Waals surface area contributed by atoms with Crippen molar-refractivity contribution >= 4 is 28.9 Å². The summed E-state index contributed by atoms with van der Waals surface area (Å²) in [5.74, 6) is -0.281. The molecule has 3 aromatic rings. The maximum atomic E-state index is 11.1. The Hall–Kier alpha value is -2.84. The maximum absolute atomic E-state index is 11.1. The van der Waals surface area contributed by atoms with Crippen LogP contribution < -0.4 is 5.32 Å². The number of aryl methyl sites for hydroxylation is 1. The molecule has 4 rings (SSSR count). The van der Waals surface area contributed by atoms with Crippen molar-refractivity contribution in [2.45, 2.75) is 45.1 Å². The first-order valence-corrected chi connectivity index (χ1v) is 11.3. The first-order valence-electron chi connectivity index (χ1n) is 10.5. The van der Waals surface area contributed by atoms with Crippen LogP contribution in [0, 0.1) is 18.8 Å². The number of thiazole rings is 1. The topological polar surface area (TPSA) is 108 Å². The number of carboxylic acid groups (broad SMARTS) is 1. The van der Waals surface area contributed by atoms with Gasteiger partial charge >= 0.3 is 5.97 Å². The zero-order chi connectivity index (χ0) is 21.8. The Morgan fingerprint density at radius 3 is 2.77 bits per heavy atom. The van der Waals surface area contributed by atoms with Gasteiger partial charge in [-0.2, -0.15) is 0 Å². The summed E-state index contributed by atoms with van der Waals surface area (Å²) in [5, 5.41) is 23.9. The van der Waals surface area contributed by atoms with Gasteiger partial charge in [-0.1, -0.05) is 12.1 Å². The van der Waals surface area contributed by atoms with Gasteiger partial charge in [0.2, 0.25) is 5.95 Å². The molecule has 2 heterocycles. The van der Waals surface area contributed by atoms with Gasteiger partial charge in [0.1, 0.15) is 0 Å². The van der Waals surface area contributed by atoms with Crippen molar-refractivity contribution in [3.8, 4) is 10.4 Å². The van der Waals surface area contributed by atoms with E-state index in [4.69, 9.17) is 5.11 Å². The van der Waals surface area contributed by atoms with Crippen LogP contribution in [-0.2, 0) is 11.2 Å². The van der Waals surface area contributed by atoms with Gasteiger partial charge in [-0.3, -0.25) is 4.79 Å². The molecule has 1 aliphatic carbocycles. The number of aromatic nitrogens is 3. The van der Waals surface area contributed by atoms with E-state index in [1.54, 1.807) is 17.5 Å². The standard InChI is InChI=1S/C23H26N4O3S/c1-14-9-10-24-23(26-14)27-18-4-2-3-17(11-18)20-13-25-21(31-20)12-19(28)15-5-7-16(8-6-15)22(29)30/h2-4,9-11,13,15-16,19,28H,5-8,12H2,1H3,(H,29,30)(H,24,26,27). The third kappa shape index (κ3) is 5.45. The summed E-state index contributed by atoms with van der Waals surface area (Å²) in [5.41, 5.74) is 2.84. The second kappa shape index (κ2) is 9.53. The molecule has 162 valence electrons. The van der Waals surface area contributed by atoms with Crippen LogP contribution in [0.2, 0.25) is 0 Å². The van der Waals surface area contributed by atoms with E-state index in [1.807, 2.05) is 43.5 Å². The lowest BCUT2D eigenvalue weighted by Crippen LogP contribution is -2.29. The van der Waals surface area contributed by atoms with Gasteiger partial charge in [-0.15, -0.1) is 11.3 Å². The molecule has 8 heteroatoms. The highest BCUT2D eigenvalue weighted by molar-refractivity contribution is 7.15. The minimum absolute atomic E-state index is 0.143. The largest absolute Gasteiger partial charge is 0.481 e. The molecule has 0 spiro atoms. The first-order chi connectivity index (χ1) is 15.0. The SMILES string of the molecule is Cc1ccnc(Nc2cccc(-c3cnc(CC(O)C4CCC(C(=O)O)CC4)s3)c2)n1. The lowest BCUT2D eigenvalue weighted by Gasteiger charge is -2.29. The Morgan fingerprint density at radius 1 is 1.23 bits per heavy atom. The minimum Gasteiger partial charge on any atom is -0.481 e. The third-order valence-electron chi connectivity index (χ3n) is 5.80. The van der Waals surface area contributed by atoms with E-state index in [-0.39, 0.29) is 11.8 Å². The van der Waals surface area contributed by atoms with E-state index in [1.165, 1.54) is 0 Å². The second-order valence-electron chi connectivity index (χ2n) is 8.07. The number of benzene rings is 1. The molecule has 0 amide bonds. The predicted octanol–water partition coefficient (Wildman–Crippen LogP) is 4.45. The summed E-state index contributed by atoms with van der Waals surface area (Å²) in [6.07, 6.45) is 6.38. The summed E-state index contributed by atoms with van der Waals surface area (Å²) >= 11 is 1.58. The van der Waals surface area contributed by atoms with E-state index < -0.39 is 12.1 Å². The number of carboxylic acids is 1. The lowest BCUT2D eigenvalue weighted by molar-refractivity contribution is -0.143. The number of anilines is 2. The van der Waals surface area contributed by atoms with Gasteiger partial charge in [0.25, 0.3) is 0 Å². The zero-order valence-corrected chi connectivity index (χ0v) is 18.2. The van der Waals surface area contributed by atoms with Crippen LogP contribution in [0.1, 0.15) is 36.4 Å². The van der Waals surface area contributed by atoms with Crippen LogP contribution in [0.25, 0.3) is 10.4 Å². The van der Waals surface area contributed by atoms with Crippen LogP contribution in [0.15, 0.2) is 42.7 Å². The van der Waals surface area contributed by atoms with Gasteiger partial charge in [-0.25, -0.2) is 15.0 Å². The second-order valence-corrected chi connectivity index (χ2v) is 9.18. The molecular formula is C23H26N4O3S. The molecular weight excluding hydrogens is 412 g/mol. The fourth-order valence-corrected chi connectivity index (χ4v) is 4.99. The molecule has 3 N–H and O–H groups in total. The van der Waals surface area contributed by atoms with Gasteiger partial charge in [0, 0.05) is 30.2 Å². The zero-order valence-electron chi connectivity index (χ0n) is 17.4. The number of hydrogen-bond donors (Lipinski definition) is 3. The van der Waals surface area contributed by atoms with Crippen molar-refractivity contribution in [2.24, 2.45) is 11.8 Å². The van der Waals surface area contributed by atoms with Crippen LogP contribution in [-0.4, -0.2) is 37.2 Å². The summed E-state index contributed by atoms with van der Waals surface area (Å²) in [7, 11) is 0. The Balaban J connectivity index is 1.39. The Bertz CT molecular complexity index is 1050. The Morgan fingerprint density at radius 2 is 2.03 bits per heavy atom. The molecule has 1 unspecified atom stereocenters. The van der Waals surface area contributed by atoms with Crippen LogP contribution in [0.5, 0.6) is 0 Å². The van der Waals surface area contributed by atoms with E-state index >= 15 is 0 Å². The van der Waals surface area contributed by atoms with Gasteiger partial charge < -0.3 is 15.5 Å². The monoisotopic (exact) mass is 438 g/mol. The summed E-state index contributed by atoms with van der Waals surface area (Å²) in [6, 6.07) is 9.86. The minimum atomic E-state index is -0.719. The molecule has 1 saturated carbocycles. The van der Waals surface area contributed by atoms with Gasteiger partial charge in [0.05, 0.1) is 21.9 Å². The average Bonchev–Trinajstić information content (AvgIpc) is 3.22. The Kier molecular flexibility index (Phi) is 6.58. The number of rotatable bonds is 7. The highest BCUT2D eigenvalue weighted by Crippen LogP contribution is 2.34. The maximum Gasteiger partial charge on any atom is 0.306 e. The summed E-state index contributed by atoms with van der Waals surface area (Å²) in [4.78, 5) is 25.3. The van der Waals surface area contributed by atoms with Crippen molar-refractivity contribution in [3.63, 3.8) is 0 Å². The van der Waals surface area contributed by atoms with Crippen molar-refractivity contribution < 1.29 is 15.0 Å². The number of aliphatic hydroxyl groups is 1. The van der Waals surface area contributed by atoms with Crippen molar-refractivity contribution in [1.29, 1.82) is 0 Å². The number of nitrogens with zero attached hydrogens (tertiary/aromatic N) is 3. The summed E-state index contributed by atoms with van der Waals surface area (Å²) < 4.78 is 0. The molecule has 1 aromatic carbocycles. The molecule has 1 atom stereocenters. The van der Waals surface area contributed by atoms with E-state index in [0.29, 0.717) is 25.2 Å². The molecule has 0 radical (unpaired) electrons. The Labute approximate surface area is 185 Å². The molecule has 31 heavy (non-hydrogen) atoms. The van der Waals surface area contributed by atoms with Gasteiger partial charge in [-0.05, 0) is 62.3 Å². The number of aliphatic carboxylic acids is 1. The molecule has 2 aromatic heterocycles. The van der Waals surface area contributed by atoms with Crippen molar-refractivity contribution in [2.75, 3.05) is 5.32 Å². The van der Waals surface area contributed by atoms with Crippen molar-refractivity contribution in [3.05, 3.63) is 53.4 Å². The van der Waals surface area contributed by atoms with Gasteiger partial charge in [0.15, 0.2) is 0 Å². The van der Waals surface area contributed by atoms with E-state index in [0.717, 1.165) is 39.7 Å². The molecule has 0 saturated heterocycles. The first kappa shape index (κ1) is 21.4. The average molecular weight is 439 g/mol. The number of aliphatic hydroxyl groups excluding tert-OH is 1. The number of nitrogens with one attached hydrogen (secondary N) is 1. The lowest BCUT2D eigenvalue weighted by atomic mass is 9.79. The normalized spacial score (nSPS) is 19.7. The fraction of sp³-hybridized carbons (Fsp3) is 0.391. The van der Waals surface area contributed by atoms with E-state index in [2.05, 4.69) is 20.3 Å². The number of carbonyl (C=O) groups is 1.